The predicted molar refractivity (Wildman–Crippen MR) is 220 cm³/mol. The average Bonchev–Trinajstić information content (AvgIpc) is 3.08. The number of allylic oxidation sites excluding steroid dienone is 1. The van der Waals surface area contributed by atoms with Gasteiger partial charge in [-0.05, 0) is 137 Å². The first-order valence-electron chi connectivity index (χ1n) is 18.2. The Kier molecular flexibility index (Phi) is 11.7. The van der Waals surface area contributed by atoms with Crippen molar-refractivity contribution in [3.8, 4) is 11.8 Å². The molecule has 0 saturated heterocycles. The molecule has 3 heteroatoms. The van der Waals surface area contributed by atoms with E-state index < -0.39 is 5.97 Å². The minimum absolute atomic E-state index is 0. The predicted octanol–water partition coefficient (Wildman–Crippen LogP) is 12.6. The maximum Gasteiger partial charge on any atom is 0.335 e. The number of hydrogen-bond acceptors (Lipinski definition) is 2. The van der Waals surface area contributed by atoms with Gasteiger partial charge < -0.3 is 5.11 Å². The number of carboxylic acid groups (broad SMARTS) is 1. The van der Waals surface area contributed by atoms with E-state index in [1.807, 2.05) is 36.4 Å². The van der Waals surface area contributed by atoms with Crippen molar-refractivity contribution < 1.29 is 14.7 Å². The Morgan fingerprint density at radius 3 is 1.44 bits per heavy atom. The molecule has 0 aliphatic heterocycles. The molecule has 0 unspecified atom stereocenters. The van der Waals surface area contributed by atoms with E-state index in [4.69, 9.17) is 5.11 Å². The maximum absolute atomic E-state index is 11.3. The van der Waals surface area contributed by atoms with Crippen LogP contribution in [0.3, 0.4) is 0 Å². The first-order valence-corrected chi connectivity index (χ1v) is 18.2. The molecule has 0 saturated carbocycles. The van der Waals surface area contributed by atoms with Crippen LogP contribution in [-0.4, -0.2) is 16.9 Å². The highest BCUT2D eigenvalue weighted by Crippen LogP contribution is 2.47. The molecule has 4 aromatic rings. The number of ketones is 1. The maximum atomic E-state index is 11.3. The van der Waals surface area contributed by atoms with Crippen LogP contribution in [-0.2, 0) is 21.7 Å². The SMILES string of the molecule is C.C/C(=C\c1ccc(C(=O)O)cc1)c1ccc2c(c1)C(C)(C)CCC2(C)C.CC(=O)c1ccc(C#Cc2ccc3c(c2)C(C)(C)CCC3(C)C)cc1. The zero-order valence-electron chi connectivity index (χ0n) is 32.3. The molecule has 0 heterocycles. The molecule has 0 bridgehead atoms. The van der Waals surface area contributed by atoms with E-state index in [9.17, 15) is 9.59 Å². The third-order valence-corrected chi connectivity index (χ3v) is 11.3. The normalized spacial score (nSPS) is 17.4. The van der Waals surface area contributed by atoms with Gasteiger partial charge >= 0.3 is 5.97 Å². The van der Waals surface area contributed by atoms with E-state index in [-0.39, 0.29) is 34.9 Å². The number of carbonyl (C=O) groups is 2. The Balaban J connectivity index is 0.000000228. The lowest BCUT2D eigenvalue weighted by molar-refractivity contribution is 0.0696. The van der Waals surface area contributed by atoms with E-state index in [1.54, 1.807) is 19.1 Å². The van der Waals surface area contributed by atoms with Crippen LogP contribution in [0.4, 0.5) is 0 Å². The Hall–Kier alpha value is -4.68. The second-order valence-electron chi connectivity index (χ2n) is 17.2. The molecule has 52 heavy (non-hydrogen) atoms. The topological polar surface area (TPSA) is 54.4 Å². The van der Waals surface area contributed by atoms with Gasteiger partial charge in [0.25, 0.3) is 0 Å². The van der Waals surface area contributed by atoms with Crippen LogP contribution in [0.1, 0.15) is 168 Å². The van der Waals surface area contributed by atoms with E-state index >= 15 is 0 Å². The van der Waals surface area contributed by atoms with Crippen molar-refractivity contribution >= 4 is 23.4 Å². The van der Waals surface area contributed by atoms with Crippen molar-refractivity contribution in [3.63, 3.8) is 0 Å². The number of fused-ring (bicyclic) bond motifs is 2. The quantitative estimate of drug-likeness (QED) is 0.131. The largest absolute Gasteiger partial charge is 0.478 e. The van der Waals surface area contributed by atoms with Gasteiger partial charge in [0.1, 0.15) is 0 Å². The van der Waals surface area contributed by atoms with Crippen molar-refractivity contribution in [3.05, 3.63) is 141 Å². The van der Waals surface area contributed by atoms with Crippen molar-refractivity contribution in [1.29, 1.82) is 0 Å². The summed E-state index contributed by atoms with van der Waals surface area (Å²) < 4.78 is 0. The van der Waals surface area contributed by atoms with Gasteiger partial charge in [-0.2, -0.15) is 0 Å². The first-order chi connectivity index (χ1) is 23.8. The smallest absolute Gasteiger partial charge is 0.335 e. The molecule has 3 nitrogen and oxygen atoms in total. The molecular weight excluding hydrogens is 637 g/mol. The van der Waals surface area contributed by atoms with E-state index in [0.717, 1.165) is 22.3 Å². The molecule has 0 amide bonds. The second-order valence-corrected chi connectivity index (χ2v) is 17.2. The van der Waals surface area contributed by atoms with Crippen LogP contribution < -0.4 is 0 Å². The van der Waals surface area contributed by atoms with Gasteiger partial charge in [-0.25, -0.2) is 4.79 Å². The highest BCUT2D eigenvalue weighted by molar-refractivity contribution is 5.94. The summed E-state index contributed by atoms with van der Waals surface area (Å²) in [6, 6.07) is 28.1. The molecule has 6 rings (SSSR count). The highest BCUT2D eigenvalue weighted by atomic mass is 16.4. The third kappa shape index (κ3) is 8.85. The fourth-order valence-corrected chi connectivity index (χ4v) is 7.49. The first kappa shape index (κ1) is 40.1. The van der Waals surface area contributed by atoms with Crippen LogP contribution in [0.5, 0.6) is 0 Å². The number of aromatic carboxylic acids is 1. The summed E-state index contributed by atoms with van der Waals surface area (Å²) >= 11 is 0. The molecule has 2 aliphatic rings. The second kappa shape index (κ2) is 15.1. The lowest BCUT2D eigenvalue weighted by Crippen LogP contribution is -2.33. The number of hydrogen-bond donors (Lipinski definition) is 1. The van der Waals surface area contributed by atoms with Gasteiger partial charge in [0.2, 0.25) is 0 Å². The zero-order valence-corrected chi connectivity index (χ0v) is 32.3. The molecule has 0 spiro atoms. The van der Waals surface area contributed by atoms with E-state index in [2.05, 4.69) is 117 Å². The summed E-state index contributed by atoms with van der Waals surface area (Å²) in [6.45, 7) is 22.4. The van der Waals surface area contributed by atoms with Crippen LogP contribution in [0.15, 0.2) is 84.9 Å². The number of carbonyl (C=O) groups excluding carboxylic acids is 1. The minimum Gasteiger partial charge on any atom is -0.478 e. The molecule has 1 N–H and O–H groups in total. The van der Waals surface area contributed by atoms with Crippen LogP contribution >= 0.6 is 0 Å². The molecule has 4 aromatic carbocycles. The van der Waals surface area contributed by atoms with Gasteiger partial charge in [-0.15, -0.1) is 0 Å². The monoisotopic (exact) mass is 694 g/mol. The number of benzene rings is 4. The van der Waals surface area contributed by atoms with Crippen molar-refractivity contribution in [1.82, 2.24) is 0 Å². The summed E-state index contributed by atoms with van der Waals surface area (Å²) in [5, 5.41) is 9.02. The molecule has 0 atom stereocenters. The van der Waals surface area contributed by atoms with Crippen LogP contribution in [0.25, 0.3) is 11.6 Å². The molecule has 272 valence electrons. The van der Waals surface area contributed by atoms with Gasteiger partial charge in [0.05, 0.1) is 5.56 Å². The Morgan fingerprint density at radius 1 is 0.538 bits per heavy atom. The van der Waals surface area contributed by atoms with Crippen molar-refractivity contribution in [2.75, 3.05) is 0 Å². The third-order valence-electron chi connectivity index (χ3n) is 11.3. The Bertz CT molecular complexity index is 2040. The standard InChI is InChI=1S/C24H28O2.C24H26O.CH4/c1-16(14-17-6-8-18(9-7-17)22(25)26)19-10-11-20-21(15-19)24(4,5)13-12-23(20,2)3;1-17(25)20-11-8-18(9-12-20)6-7-19-10-13-21-22(16-19)24(4,5)15-14-23(21,2)3;/h6-11,14-15H,12-13H2,1-5H3,(H,25,26);8-13,16H,14-15H2,1-5H3;1H4/b16-14+;;. The molecular formula is C49H58O3. The van der Waals surface area contributed by atoms with Gasteiger partial charge in [0, 0.05) is 16.7 Å². The summed E-state index contributed by atoms with van der Waals surface area (Å²) in [5.41, 5.74) is 13.2. The highest BCUT2D eigenvalue weighted by Gasteiger charge is 2.38. The van der Waals surface area contributed by atoms with E-state index in [1.165, 1.54) is 59.1 Å². The number of rotatable bonds is 4. The summed E-state index contributed by atoms with van der Waals surface area (Å²) in [7, 11) is 0. The van der Waals surface area contributed by atoms with Gasteiger partial charge in [0.15, 0.2) is 5.78 Å². The minimum atomic E-state index is -0.892. The molecule has 0 aromatic heterocycles. The van der Waals surface area contributed by atoms with E-state index in [0.29, 0.717) is 5.56 Å². The fourth-order valence-electron chi connectivity index (χ4n) is 7.49. The number of carboxylic acids is 1. The molecule has 2 aliphatic carbocycles. The number of Topliss-reactive ketones (excluding diaryl/α,β-unsaturated/α-hetero) is 1. The summed E-state index contributed by atoms with van der Waals surface area (Å²) in [4.78, 5) is 22.3. The van der Waals surface area contributed by atoms with Crippen LogP contribution in [0.2, 0.25) is 0 Å². The Labute approximate surface area is 313 Å². The van der Waals surface area contributed by atoms with Gasteiger partial charge in [-0.1, -0.05) is 129 Å². The zero-order chi connectivity index (χ0) is 37.4. The van der Waals surface area contributed by atoms with Gasteiger partial charge in [-0.3, -0.25) is 4.79 Å². The summed E-state index contributed by atoms with van der Waals surface area (Å²) in [6.07, 6.45) is 6.97. The molecule has 0 fully saturated rings. The van der Waals surface area contributed by atoms with Crippen molar-refractivity contribution in [2.45, 2.75) is 124 Å². The lowest BCUT2D eigenvalue weighted by Gasteiger charge is -2.42. The van der Waals surface area contributed by atoms with Crippen LogP contribution in [0, 0.1) is 11.8 Å². The average molecular weight is 695 g/mol. The lowest BCUT2D eigenvalue weighted by atomic mass is 9.63. The fraction of sp³-hybridized carbons (Fsp3) is 0.388. The molecule has 0 radical (unpaired) electrons. The Morgan fingerprint density at radius 2 is 0.942 bits per heavy atom. The summed E-state index contributed by atoms with van der Waals surface area (Å²) in [5.74, 6) is 5.70. The van der Waals surface area contributed by atoms with Crippen molar-refractivity contribution in [2.24, 2.45) is 0 Å².